The molecule has 4 rings (SSSR count). The second kappa shape index (κ2) is 5.94. The summed E-state index contributed by atoms with van der Waals surface area (Å²) in [5.41, 5.74) is 1.03. The molecule has 0 bridgehead atoms. The van der Waals surface area contributed by atoms with Crippen molar-refractivity contribution in [3.63, 3.8) is 0 Å². The lowest BCUT2D eigenvalue weighted by Gasteiger charge is -2.57. The Morgan fingerprint density at radius 2 is 2.08 bits per heavy atom. The zero-order chi connectivity index (χ0) is 17.8. The van der Waals surface area contributed by atoms with Crippen LogP contribution in [0.25, 0.3) is 0 Å². The molecule has 0 radical (unpaired) electrons. The van der Waals surface area contributed by atoms with Crippen LogP contribution < -0.4 is 0 Å². The molecular weight excluding hydrogens is 316 g/mol. The van der Waals surface area contributed by atoms with Gasteiger partial charge < -0.3 is 9.84 Å². The number of fused-ring (bicyclic) bond motifs is 5. The molecule has 0 spiro atoms. The van der Waals surface area contributed by atoms with Crippen molar-refractivity contribution in [3.05, 3.63) is 11.6 Å². The zero-order valence-corrected chi connectivity index (χ0v) is 15.4. The first kappa shape index (κ1) is 17.3. The van der Waals surface area contributed by atoms with E-state index in [1.54, 1.807) is 0 Å². The van der Waals surface area contributed by atoms with Gasteiger partial charge in [0.15, 0.2) is 0 Å². The Morgan fingerprint density at radius 1 is 1.28 bits per heavy atom. The van der Waals surface area contributed by atoms with E-state index in [9.17, 15) is 14.7 Å². The molecule has 0 heterocycles. The fourth-order valence-corrected chi connectivity index (χ4v) is 6.82. The fourth-order valence-electron chi connectivity index (χ4n) is 6.82. The quantitative estimate of drug-likeness (QED) is 0.615. The average molecular weight is 346 g/mol. The van der Waals surface area contributed by atoms with E-state index in [0.717, 1.165) is 51.4 Å². The summed E-state index contributed by atoms with van der Waals surface area (Å²) >= 11 is 0. The maximum absolute atomic E-state index is 12.5. The summed E-state index contributed by atoms with van der Waals surface area (Å²) in [4.78, 5) is 23.8. The predicted molar refractivity (Wildman–Crippen MR) is 93.7 cm³/mol. The summed E-state index contributed by atoms with van der Waals surface area (Å²) in [6.45, 7) is 3.84. The van der Waals surface area contributed by atoms with Crippen LogP contribution in [0.5, 0.6) is 0 Å². The average Bonchev–Trinajstić information content (AvgIpc) is 2.89. The van der Waals surface area contributed by atoms with E-state index >= 15 is 0 Å². The van der Waals surface area contributed by atoms with Crippen molar-refractivity contribution in [2.45, 2.75) is 71.3 Å². The maximum atomic E-state index is 12.5. The second-order valence-corrected chi connectivity index (χ2v) is 9.05. The van der Waals surface area contributed by atoms with Crippen LogP contribution in [0.3, 0.4) is 0 Å². The standard InChI is InChI=1S/C21H30O4/c1-13(23)25-15-7-10-21(12-22)14(11-15)3-4-16-17-5-6-19(24)20(17,2)9-8-18(16)21/h3,15-18,22H,4-12H2,1-2H3/t15-,16-,17-,18-,20-,21+/m0/s1. The Bertz CT molecular complexity index is 623. The summed E-state index contributed by atoms with van der Waals surface area (Å²) in [5, 5.41) is 10.4. The van der Waals surface area contributed by atoms with E-state index < -0.39 is 0 Å². The summed E-state index contributed by atoms with van der Waals surface area (Å²) in [7, 11) is 0. The first-order chi connectivity index (χ1) is 11.9. The number of ketones is 1. The van der Waals surface area contributed by atoms with Gasteiger partial charge in [0.05, 0.1) is 6.61 Å². The molecule has 25 heavy (non-hydrogen) atoms. The molecule has 3 saturated carbocycles. The number of esters is 1. The Balaban J connectivity index is 1.63. The highest BCUT2D eigenvalue weighted by Crippen LogP contribution is 2.64. The van der Waals surface area contributed by atoms with Gasteiger partial charge in [0, 0.05) is 30.6 Å². The van der Waals surface area contributed by atoms with E-state index in [1.165, 1.54) is 12.5 Å². The molecular formula is C21H30O4. The van der Waals surface area contributed by atoms with Crippen LogP contribution in [0.1, 0.15) is 65.2 Å². The van der Waals surface area contributed by atoms with E-state index in [-0.39, 0.29) is 29.5 Å². The third kappa shape index (κ3) is 2.43. The molecule has 4 nitrogen and oxygen atoms in total. The molecule has 4 heteroatoms. The van der Waals surface area contributed by atoms with Crippen LogP contribution >= 0.6 is 0 Å². The smallest absolute Gasteiger partial charge is 0.302 e. The molecule has 0 aromatic heterocycles. The maximum Gasteiger partial charge on any atom is 0.302 e. The summed E-state index contributed by atoms with van der Waals surface area (Å²) in [6.07, 6.45) is 9.57. The highest BCUT2D eigenvalue weighted by atomic mass is 16.5. The molecule has 4 aliphatic rings. The highest BCUT2D eigenvalue weighted by Gasteiger charge is 2.59. The van der Waals surface area contributed by atoms with E-state index in [2.05, 4.69) is 13.0 Å². The fraction of sp³-hybridized carbons (Fsp3) is 0.810. The van der Waals surface area contributed by atoms with Crippen LogP contribution in [0.15, 0.2) is 11.6 Å². The normalized spacial score (nSPS) is 45.9. The second-order valence-electron chi connectivity index (χ2n) is 9.05. The number of Topliss-reactive ketones (excluding diaryl/α,β-unsaturated/α-hetero) is 1. The highest BCUT2D eigenvalue weighted by molar-refractivity contribution is 5.87. The van der Waals surface area contributed by atoms with Crippen molar-refractivity contribution in [2.24, 2.45) is 28.6 Å². The van der Waals surface area contributed by atoms with Crippen molar-refractivity contribution >= 4 is 11.8 Å². The monoisotopic (exact) mass is 346 g/mol. The molecule has 138 valence electrons. The molecule has 0 aliphatic heterocycles. The number of ether oxygens (including phenoxy) is 1. The van der Waals surface area contributed by atoms with Gasteiger partial charge in [-0.25, -0.2) is 0 Å². The first-order valence-electron chi connectivity index (χ1n) is 9.91. The minimum absolute atomic E-state index is 0.0399. The summed E-state index contributed by atoms with van der Waals surface area (Å²) in [6, 6.07) is 0. The Kier molecular flexibility index (Phi) is 4.10. The Morgan fingerprint density at radius 3 is 2.80 bits per heavy atom. The van der Waals surface area contributed by atoms with Gasteiger partial charge in [-0.15, -0.1) is 0 Å². The molecule has 0 unspecified atom stereocenters. The number of hydrogen-bond acceptors (Lipinski definition) is 4. The van der Waals surface area contributed by atoms with Gasteiger partial charge in [0.1, 0.15) is 11.9 Å². The van der Waals surface area contributed by atoms with Gasteiger partial charge in [-0.1, -0.05) is 18.6 Å². The SMILES string of the molecule is CC(=O)O[C@H]1CC[C@@]2(CO)C(=CC[C@@H]3[C@@H]2CC[C@]2(C)C(=O)CC[C@@H]32)C1. The molecule has 0 saturated heterocycles. The molecule has 1 N–H and O–H groups in total. The van der Waals surface area contributed by atoms with Crippen LogP contribution in [0.2, 0.25) is 0 Å². The number of carbonyl (C=O) groups is 2. The van der Waals surface area contributed by atoms with Crippen LogP contribution in [0.4, 0.5) is 0 Å². The van der Waals surface area contributed by atoms with Gasteiger partial charge >= 0.3 is 5.97 Å². The van der Waals surface area contributed by atoms with E-state index in [0.29, 0.717) is 23.5 Å². The number of carbonyl (C=O) groups excluding carboxylic acids is 2. The topological polar surface area (TPSA) is 63.6 Å². The van der Waals surface area contributed by atoms with Gasteiger partial charge in [0.2, 0.25) is 0 Å². The molecule has 4 aliphatic carbocycles. The summed E-state index contributed by atoms with van der Waals surface area (Å²) < 4.78 is 5.46. The third-order valence-electron chi connectivity index (χ3n) is 8.11. The Labute approximate surface area is 150 Å². The van der Waals surface area contributed by atoms with E-state index in [4.69, 9.17) is 4.74 Å². The van der Waals surface area contributed by atoms with Crippen LogP contribution in [0, 0.1) is 28.6 Å². The molecule has 0 aromatic carbocycles. The minimum atomic E-state index is -0.214. The largest absolute Gasteiger partial charge is 0.462 e. The van der Waals surface area contributed by atoms with Gasteiger partial charge in [-0.05, 0) is 56.3 Å². The molecule has 3 fully saturated rings. The number of hydrogen-bond donors (Lipinski definition) is 1. The lowest BCUT2D eigenvalue weighted by molar-refractivity contribution is -0.149. The third-order valence-corrected chi connectivity index (χ3v) is 8.11. The van der Waals surface area contributed by atoms with Crippen LogP contribution in [-0.4, -0.2) is 29.6 Å². The van der Waals surface area contributed by atoms with Crippen molar-refractivity contribution in [3.8, 4) is 0 Å². The zero-order valence-electron chi connectivity index (χ0n) is 15.4. The first-order valence-corrected chi connectivity index (χ1v) is 9.91. The lowest BCUT2D eigenvalue weighted by atomic mass is 9.47. The number of aliphatic hydroxyl groups is 1. The number of rotatable bonds is 2. The minimum Gasteiger partial charge on any atom is -0.462 e. The number of allylic oxidation sites excluding steroid dienone is 1. The van der Waals surface area contributed by atoms with Gasteiger partial charge in [0.25, 0.3) is 0 Å². The van der Waals surface area contributed by atoms with Crippen molar-refractivity contribution in [1.29, 1.82) is 0 Å². The van der Waals surface area contributed by atoms with E-state index in [1.807, 2.05) is 0 Å². The Hall–Kier alpha value is -1.16. The van der Waals surface area contributed by atoms with Crippen molar-refractivity contribution in [1.82, 2.24) is 0 Å². The molecule has 6 atom stereocenters. The molecule has 0 amide bonds. The lowest BCUT2D eigenvalue weighted by Crippen LogP contribution is -2.53. The van der Waals surface area contributed by atoms with Crippen LogP contribution in [-0.2, 0) is 14.3 Å². The van der Waals surface area contributed by atoms with Gasteiger partial charge in [-0.2, -0.15) is 0 Å². The van der Waals surface area contributed by atoms with Gasteiger partial charge in [-0.3, -0.25) is 9.59 Å². The van der Waals surface area contributed by atoms with Crippen molar-refractivity contribution in [2.75, 3.05) is 6.61 Å². The van der Waals surface area contributed by atoms with Crippen molar-refractivity contribution < 1.29 is 19.4 Å². The number of aliphatic hydroxyl groups excluding tert-OH is 1. The molecule has 0 aromatic rings. The predicted octanol–water partition coefficient (Wildman–Crippen LogP) is 3.42. The summed E-state index contributed by atoms with van der Waals surface area (Å²) in [5.74, 6) is 1.72.